The highest BCUT2D eigenvalue weighted by atomic mass is 16.5. The number of anilines is 1. The normalized spacial score (nSPS) is 13.3. The van der Waals surface area contributed by atoms with Crippen molar-refractivity contribution in [3.05, 3.63) is 35.3 Å². The maximum atomic E-state index is 12.3. The quantitative estimate of drug-likeness (QED) is 0.880. The van der Waals surface area contributed by atoms with Crippen LogP contribution in [0.4, 0.5) is 10.5 Å². The number of pyridine rings is 1. The topological polar surface area (TPSA) is 99.3 Å². The summed E-state index contributed by atoms with van der Waals surface area (Å²) in [6, 6.07) is 5.85. The Morgan fingerprint density at radius 2 is 2.26 bits per heavy atom. The van der Waals surface area contributed by atoms with Gasteiger partial charge >= 0.3 is 6.03 Å². The van der Waals surface area contributed by atoms with E-state index in [1.807, 2.05) is 15.6 Å². The van der Waals surface area contributed by atoms with Crippen molar-refractivity contribution in [2.24, 2.45) is 0 Å². The molecule has 3 rings (SSSR count). The predicted molar refractivity (Wildman–Crippen MR) is 99.2 cm³/mol. The largest absolute Gasteiger partial charge is 0.480 e. The highest BCUT2D eigenvalue weighted by molar-refractivity contribution is 5.73. The molecule has 0 fully saturated rings. The van der Waals surface area contributed by atoms with Gasteiger partial charge in [0.2, 0.25) is 5.88 Å². The average Bonchev–Trinajstić information content (AvgIpc) is 2.95. The molecule has 0 spiro atoms. The number of nitriles is 1. The number of amides is 2. The molecule has 0 saturated carbocycles. The second kappa shape index (κ2) is 7.95. The molecule has 1 N–H and O–H groups in total. The fraction of sp³-hybridized carbons (Fsp3) is 0.444. The molecule has 2 aromatic heterocycles. The molecule has 0 unspecified atom stereocenters. The fourth-order valence-electron chi connectivity index (χ4n) is 3.09. The third kappa shape index (κ3) is 3.95. The molecule has 27 heavy (non-hydrogen) atoms. The van der Waals surface area contributed by atoms with Gasteiger partial charge in [-0.2, -0.15) is 10.4 Å². The lowest BCUT2D eigenvalue weighted by atomic mass is 10.2. The smallest absolute Gasteiger partial charge is 0.319 e. The van der Waals surface area contributed by atoms with Gasteiger partial charge in [-0.15, -0.1) is 0 Å². The Morgan fingerprint density at radius 1 is 1.44 bits per heavy atom. The van der Waals surface area contributed by atoms with Crippen LogP contribution in [0.3, 0.4) is 0 Å². The summed E-state index contributed by atoms with van der Waals surface area (Å²) in [6.45, 7) is 2.50. The lowest BCUT2D eigenvalue weighted by Gasteiger charge is -2.23. The molecule has 0 aliphatic carbocycles. The van der Waals surface area contributed by atoms with E-state index in [1.54, 1.807) is 31.3 Å². The van der Waals surface area contributed by atoms with E-state index in [-0.39, 0.29) is 6.03 Å². The molecule has 9 nitrogen and oxygen atoms in total. The summed E-state index contributed by atoms with van der Waals surface area (Å²) < 4.78 is 7.08. The van der Waals surface area contributed by atoms with E-state index in [2.05, 4.69) is 21.5 Å². The number of carbonyl (C=O) groups excluding carboxylic acids is 1. The van der Waals surface area contributed by atoms with Gasteiger partial charge in [-0.25, -0.2) is 9.78 Å². The molecule has 0 radical (unpaired) electrons. The summed E-state index contributed by atoms with van der Waals surface area (Å²) in [5.41, 5.74) is 2.87. The molecule has 3 heterocycles. The van der Waals surface area contributed by atoms with E-state index in [0.29, 0.717) is 30.2 Å². The SMILES string of the molecule is COc1nccc(NCc2cc3n(n2)CCCN(C(=O)N(C)C)C3)c1C#N. The first-order valence-corrected chi connectivity index (χ1v) is 8.72. The lowest BCUT2D eigenvalue weighted by Crippen LogP contribution is -2.38. The summed E-state index contributed by atoms with van der Waals surface area (Å²) in [5.74, 6) is 0.293. The number of hydrogen-bond donors (Lipinski definition) is 1. The second-order valence-electron chi connectivity index (χ2n) is 6.51. The number of fused-ring (bicyclic) bond motifs is 1. The van der Waals surface area contributed by atoms with E-state index in [0.717, 1.165) is 30.9 Å². The first-order valence-electron chi connectivity index (χ1n) is 8.72. The third-order valence-corrected chi connectivity index (χ3v) is 4.40. The molecule has 1 aliphatic heterocycles. The predicted octanol–water partition coefficient (Wildman–Crippen LogP) is 1.66. The maximum Gasteiger partial charge on any atom is 0.319 e. The first kappa shape index (κ1) is 18.5. The molecule has 9 heteroatoms. The standard InChI is InChI=1S/C18H23N7O2/c1-23(2)18(26)24-7-4-8-25-14(12-24)9-13(22-25)11-21-16-5-6-20-17(27-3)15(16)10-19/h5-6,9H,4,7-8,11-12H2,1-3H3,(H,20,21). The Kier molecular flexibility index (Phi) is 5.45. The first-order chi connectivity index (χ1) is 13.0. The number of urea groups is 1. The van der Waals surface area contributed by atoms with Gasteiger partial charge in [-0.05, 0) is 18.6 Å². The monoisotopic (exact) mass is 369 g/mol. The number of nitrogens with zero attached hydrogens (tertiary/aromatic N) is 6. The van der Waals surface area contributed by atoms with E-state index in [4.69, 9.17) is 4.74 Å². The van der Waals surface area contributed by atoms with Gasteiger partial charge < -0.3 is 19.9 Å². The van der Waals surface area contributed by atoms with Crippen molar-refractivity contribution in [2.45, 2.75) is 26.1 Å². The van der Waals surface area contributed by atoms with Gasteiger partial charge in [0.1, 0.15) is 11.6 Å². The minimum absolute atomic E-state index is 0.00636. The summed E-state index contributed by atoms with van der Waals surface area (Å²) in [7, 11) is 5.01. The van der Waals surface area contributed by atoms with Crippen molar-refractivity contribution in [2.75, 3.05) is 33.1 Å². The van der Waals surface area contributed by atoms with Crippen LogP contribution >= 0.6 is 0 Å². The molecule has 2 amide bonds. The lowest BCUT2D eigenvalue weighted by molar-refractivity contribution is 0.169. The molecule has 0 atom stereocenters. The van der Waals surface area contributed by atoms with Gasteiger partial charge in [0, 0.05) is 33.4 Å². The van der Waals surface area contributed by atoms with Gasteiger partial charge in [-0.3, -0.25) is 4.68 Å². The Hall–Kier alpha value is -3.28. The molecule has 0 saturated heterocycles. The van der Waals surface area contributed by atoms with E-state index >= 15 is 0 Å². The third-order valence-electron chi connectivity index (χ3n) is 4.40. The molecular weight excluding hydrogens is 346 g/mol. The minimum atomic E-state index is 0.00636. The Morgan fingerprint density at radius 3 is 2.96 bits per heavy atom. The average molecular weight is 369 g/mol. The van der Waals surface area contributed by atoms with Gasteiger partial charge in [0.15, 0.2) is 0 Å². The highest BCUT2D eigenvalue weighted by Crippen LogP contribution is 2.23. The number of ether oxygens (including phenoxy) is 1. The fourth-order valence-corrected chi connectivity index (χ4v) is 3.09. The van der Waals surface area contributed by atoms with Crippen molar-refractivity contribution >= 4 is 11.7 Å². The summed E-state index contributed by atoms with van der Waals surface area (Å²) in [6.07, 6.45) is 2.45. The van der Waals surface area contributed by atoms with Crippen LogP contribution in [-0.2, 0) is 19.6 Å². The molecule has 0 bridgehead atoms. The van der Waals surface area contributed by atoms with Crippen LogP contribution in [0.1, 0.15) is 23.4 Å². The number of aryl methyl sites for hydroxylation is 1. The number of aromatic nitrogens is 3. The zero-order valence-electron chi connectivity index (χ0n) is 15.8. The van der Waals surface area contributed by atoms with Crippen molar-refractivity contribution in [1.29, 1.82) is 5.26 Å². The second-order valence-corrected chi connectivity index (χ2v) is 6.51. The number of methoxy groups -OCH3 is 1. The zero-order valence-corrected chi connectivity index (χ0v) is 15.8. The van der Waals surface area contributed by atoms with E-state index < -0.39 is 0 Å². The van der Waals surface area contributed by atoms with Crippen molar-refractivity contribution in [3.63, 3.8) is 0 Å². The molecular formula is C18H23N7O2. The van der Waals surface area contributed by atoms with Crippen LogP contribution in [0, 0.1) is 11.3 Å². The summed E-state index contributed by atoms with van der Waals surface area (Å²) >= 11 is 0. The Balaban J connectivity index is 1.73. The number of nitrogens with one attached hydrogen (secondary N) is 1. The molecule has 2 aromatic rings. The van der Waals surface area contributed by atoms with Crippen LogP contribution in [0.5, 0.6) is 5.88 Å². The summed E-state index contributed by atoms with van der Waals surface area (Å²) in [5, 5.41) is 17.2. The Labute approximate surface area is 158 Å². The van der Waals surface area contributed by atoms with Crippen molar-refractivity contribution in [3.8, 4) is 11.9 Å². The van der Waals surface area contributed by atoms with Crippen molar-refractivity contribution < 1.29 is 9.53 Å². The van der Waals surface area contributed by atoms with Gasteiger partial charge in [0.25, 0.3) is 0 Å². The summed E-state index contributed by atoms with van der Waals surface area (Å²) in [4.78, 5) is 19.7. The maximum absolute atomic E-state index is 12.3. The van der Waals surface area contributed by atoms with E-state index in [1.165, 1.54) is 7.11 Å². The van der Waals surface area contributed by atoms with Crippen LogP contribution in [0.25, 0.3) is 0 Å². The van der Waals surface area contributed by atoms with Gasteiger partial charge in [0.05, 0.1) is 37.3 Å². The van der Waals surface area contributed by atoms with Crippen molar-refractivity contribution in [1.82, 2.24) is 24.6 Å². The number of carbonyl (C=O) groups is 1. The molecule has 142 valence electrons. The van der Waals surface area contributed by atoms with Crippen LogP contribution in [0.15, 0.2) is 18.3 Å². The zero-order chi connectivity index (χ0) is 19.4. The highest BCUT2D eigenvalue weighted by Gasteiger charge is 2.21. The van der Waals surface area contributed by atoms with Crippen LogP contribution in [0.2, 0.25) is 0 Å². The molecule has 0 aromatic carbocycles. The molecule has 1 aliphatic rings. The van der Waals surface area contributed by atoms with Crippen LogP contribution < -0.4 is 10.1 Å². The van der Waals surface area contributed by atoms with Gasteiger partial charge in [-0.1, -0.05) is 0 Å². The number of hydrogen-bond acceptors (Lipinski definition) is 6. The van der Waals surface area contributed by atoms with Crippen LogP contribution in [-0.4, -0.2) is 58.3 Å². The minimum Gasteiger partial charge on any atom is -0.480 e. The van der Waals surface area contributed by atoms with E-state index in [9.17, 15) is 10.1 Å². The number of rotatable bonds is 4. The Bertz CT molecular complexity index is 869.